The first-order valence-corrected chi connectivity index (χ1v) is 4.59. The second kappa shape index (κ2) is 5.10. The zero-order valence-electron chi connectivity index (χ0n) is 8.43. The predicted molar refractivity (Wildman–Crippen MR) is 57.7 cm³/mol. The molecule has 0 unspecified atom stereocenters. The van der Waals surface area contributed by atoms with Gasteiger partial charge in [0.25, 0.3) is 0 Å². The highest BCUT2D eigenvalue weighted by molar-refractivity contribution is 5.97. The number of Topliss-reactive ketones (excluding diaryl/α,β-unsaturated/α-hetero) is 1. The van der Waals surface area contributed by atoms with Crippen molar-refractivity contribution in [2.24, 2.45) is 0 Å². The van der Waals surface area contributed by atoms with E-state index in [1.165, 1.54) is 13.0 Å². The summed E-state index contributed by atoms with van der Waals surface area (Å²) in [5, 5.41) is 8.45. The van der Waals surface area contributed by atoms with E-state index in [1.807, 2.05) is 6.07 Å². The molecule has 0 amide bonds. The summed E-state index contributed by atoms with van der Waals surface area (Å²) in [5.74, 6) is -0.905. The van der Waals surface area contributed by atoms with E-state index in [9.17, 15) is 9.59 Å². The first-order valence-electron chi connectivity index (χ1n) is 4.59. The van der Waals surface area contributed by atoms with Crippen molar-refractivity contribution in [1.29, 1.82) is 0 Å². The number of hydrogen-bond acceptors (Lipinski definition) is 2. The Kier molecular flexibility index (Phi) is 3.80. The van der Waals surface area contributed by atoms with Crippen molar-refractivity contribution in [3.63, 3.8) is 0 Å². The Hall–Kier alpha value is -1.90. The van der Waals surface area contributed by atoms with Gasteiger partial charge in [-0.05, 0) is 12.5 Å². The van der Waals surface area contributed by atoms with Crippen LogP contribution in [0.5, 0.6) is 0 Å². The van der Waals surface area contributed by atoms with Crippen LogP contribution >= 0.6 is 0 Å². The Morgan fingerprint density at radius 2 is 2.00 bits per heavy atom. The Labute approximate surface area is 88.0 Å². The smallest absolute Gasteiger partial charge is 0.307 e. The molecule has 0 fully saturated rings. The number of aliphatic carboxylic acids is 1. The molecular formula is C12H12O3. The monoisotopic (exact) mass is 204 g/mol. The Morgan fingerprint density at radius 1 is 1.33 bits per heavy atom. The zero-order chi connectivity index (χ0) is 11.3. The van der Waals surface area contributed by atoms with Crippen molar-refractivity contribution in [1.82, 2.24) is 0 Å². The number of carboxylic acid groups (broad SMARTS) is 1. The molecule has 0 aliphatic rings. The summed E-state index contributed by atoms with van der Waals surface area (Å²) in [6.07, 6.45) is 3.15. The summed E-state index contributed by atoms with van der Waals surface area (Å²) in [6.45, 7) is 1.49. The standard InChI is InChI=1S/C12H12O3/c1-9(13)11-7-3-2-5-10(11)6-4-8-12(14)15/h2-7H,8H2,1H3,(H,14,15). The molecule has 3 nitrogen and oxygen atoms in total. The highest BCUT2D eigenvalue weighted by Gasteiger charge is 2.02. The number of benzene rings is 1. The molecular weight excluding hydrogens is 192 g/mol. The maximum absolute atomic E-state index is 11.2. The number of carbonyl (C=O) groups is 2. The van der Waals surface area contributed by atoms with Gasteiger partial charge in [-0.3, -0.25) is 9.59 Å². The largest absolute Gasteiger partial charge is 0.481 e. The summed E-state index contributed by atoms with van der Waals surface area (Å²) < 4.78 is 0. The van der Waals surface area contributed by atoms with Crippen LogP contribution in [-0.2, 0) is 4.79 Å². The summed E-state index contributed by atoms with van der Waals surface area (Å²) >= 11 is 0. The van der Waals surface area contributed by atoms with Gasteiger partial charge in [0.05, 0.1) is 6.42 Å². The van der Waals surface area contributed by atoms with Crippen molar-refractivity contribution in [3.05, 3.63) is 41.5 Å². The van der Waals surface area contributed by atoms with Crippen molar-refractivity contribution in [2.45, 2.75) is 13.3 Å². The van der Waals surface area contributed by atoms with Crippen LogP contribution in [0.25, 0.3) is 6.08 Å². The minimum absolute atomic E-state index is 0.0226. The average Bonchev–Trinajstić information content (AvgIpc) is 2.17. The molecule has 0 saturated heterocycles. The third kappa shape index (κ3) is 3.38. The molecule has 0 heterocycles. The van der Waals surface area contributed by atoms with Gasteiger partial charge in [-0.2, -0.15) is 0 Å². The van der Waals surface area contributed by atoms with E-state index in [-0.39, 0.29) is 12.2 Å². The molecule has 0 spiro atoms. The molecule has 0 saturated carbocycles. The van der Waals surface area contributed by atoms with E-state index in [4.69, 9.17) is 5.11 Å². The first kappa shape index (κ1) is 11.2. The molecule has 0 aliphatic carbocycles. The number of ketones is 1. The van der Waals surface area contributed by atoms with Crippen LogP contribution in [0.4, 0.5) is 0 Å². The van der Waals surface area contributed by atoms with Crippen LogP contribution in [0.15, 0.2) is 30.3 Å². The van der Waals surface area contributed by atoms with Crippen molar-refractivity contribution in [2.75, 3.05) is 0 Å². The number of carbonyl (C=O) groups excluding carboxylic acids is 1. The zero-order valence-corrected chi connectivity index (χ0v) is 8.43. The fraction of sp³-hybridized carbons (Fsp3) is 0.167. The van der Waals surface area contributed by atoms with Crippen molar-refractivity contribution >= 4 is 17.8 Å². The normalized spacial score (nSPS) is 10.5. The average molecular weight is 204 g/mol. The van der Waals surface area contributed by atoms with Gasteiger partial charge in [0.2, 0.25) is 0 Å². The van der Waals surface area contributed by atoms with E-state index < -0.39 is 5.97 Å². The van der Waals surface area contributed by atoms with Gasteiger partial charge < -0.3 is 5.11 Å². The number of hydrogen-bond donors (Lipinski definition) is 1. The SMILES string of the molecule is CC(=O)c1ccccc1C=CCC(=O)O. The van der Waals surface area contributed by atoms with Crippen molar-refractivity contribution < 1.29 is 14.7 Å². The summed E-state index contributed by atoms with van der Waals surface area (Å²) in [6, 6.07) is 7.11. The first-order chi connectivity index (χ1) is 7.11. The van der Waals surface area contributed by atoms with Gasteiger partial charge >= 0.3 is 5.97 Å². The number of rotatable bonds is 4. The minimum Gasteiger partial charge on any atom is -0.481 e. The summed E-state index contributed by atoms with van der Waals surface area (Å²) in [7, 11) is 0. The third-order valence-corrected chi connectivity index (χ3v) is 1.93. The summed E-state index contributed by atoms with van der Waals surface area (Å²) in [5.41, 5.74) is 1.37. The van der Waals surface area contributed by atoms with Gasteiger partial charge in [-0.25, -0.2) is 0 Å². The molecule has 0 atom stereocenters. The molecule has 0 aromatic heterocycles. The van der Waals surface area contributed by atoms with E-state index in [0.29, 0.717) is 5.56 Å². The van der Waals surface area contributed by atoms with Gasteiger partial charge in [-0.1, -0.05) is 36.4 Å². The highest BCUT2D eigenvalue weighted by Crippen LogP contribution is 2.11. The maximum atomic E-state index is 11.2. The third-order valence-electron chi connectivity index (χ3n) is 1.93. The minimum atomic E-state index is -0.883. The van der Waals surface area contributed by atoms with Gasteiger partial charge in [0, 0.05) is 5.56 Å². The molecule has 0 aliphatic heterocycles. The fourth-order valence-corrected chi connectivity index (χ4v) is 1.25. The van der Waals surface area contributed by atoms with E-state index in [1.54, 1.807) is 24.3 Å². The molecule has 0 radical (unpaired) electrons. The lowest BCUT2D eigenvalue weighted by molar-refractivity contribution is -0.135. The van der Waals surface area contributed by atoms with E-state index in [2.05, 4.69) is 0 Å². The lowest BCUT2D eigenvalue weighted by Gasteiger charge is -2.00. The molecule has 1 aromatic carbocycles. The van der Waals surface area contributed by atoms with Crippen LogP contribution in [0.2, 0.25) is 0 Å². The fourth-order valence-electron chi connectivity index (χ4n) is 1.25. The van der Waals surface area contributed by atoms with Gasteiger partial charge in [0.15, 0.2) is 5.78 Å². The topological polar surface area (TPSA) is 54.4 Å². The maximum Gasteiger partial charge on any atom is 0.307 e. The Morgan fingerprint density at radius 3 is 2.60 bits per heavy atom. The van der Waals surface area contributed by atoms with Crippen LogP contribution in [0, 0.1) is 0 Å². The Bertz CT molecular complexity index is 405. The van der Waals surface area contributed by atoms with Crippen LogP contribution in [0.1, 0.15) is 29.3 Å². The molecule has 0 bridgehead atoms. The summed E-state index contributed by atoms with van der Waals surface area (Å²) in [4.78, 5) is 21.5. The quantitative estimate of drug-likeness (QED) is 0.766. The predicted octanol–water partition coefficient (Wildman–Crippen LogP) is 2.38. The molecule has 15 heavy (non-hydrogen) atoms. The van der Waals surface area contributed by atoms with Crippen LogP contribution < -0.4 is 0 Å². The molecule has 1 N–H and O–H groups in total. The van der Waals surface area contributed by atoms with Gasteiger partial charge in [0.1, 0.15) is 0 Å². The second-order valence-electron chi connectivity index (χ2n) is 3.14. The van der Waals surface area contributed by atoms with Crippen molar-refractivity contribution in [3.8, 4) is 0 Å². The van der Waals surface area contributed by atoms with Crippen LogP contribution in [-0.4, -0.2) is 16.9 Å². The lowest BCUT2D eigenvalue weighted by atomic mass is 10.0. The molecule has 78 valence electrons. The second-order valence-corrected chi connectivity index (χ2v) is 3.14. The molecule has 1 aromatic rings. The van der Waals surface area contributed by atoms with Crippen LogP contribution in [0.3, 0.4) is 0 Å². The molecule has 1 rings (SSSR count). The Balaban J connectivity index is 2.89. The highest BCUT2D eigenvalue weighted by atomic mass is 16.4. The van der Waals surface area contributed by atoms with E-state index >= 15 is 0 Å². The van der Waals surface area contributed by atoms with E-state index in [0.717, 1.165) is 5.56 Å². The molecule has 3 heteroatoms. The number of carboxylic acids is 1. The van der Waals surface area contributed by atoms with Gasteiger partial charge in [-0.15, -0.1) is 0 Å². The lowest BCUT2D eigenvalue weighted by Crippen LogP contribution is -1.95.